The number of rotatable bonds is 3. The number of nitrogens with zero attached hydrogens (tertiary/aromatic N) is 1. The molecule has 0 aliphatic carbocycles. The Morgan fingerprint density at radius 2 is 1.85 bits per heavy atom. The fourth-order valence-corrected chi connectivity index (χ4v) is 1.84. The van der Waals surface area contributed by atoms with Gasteiger partial charge >= 0.3 is 5.97 Å². The van der Waals surface area contributed by atoms with Crippen molar-refractivity contribution < 1.29 is 19.0 Å². The van der Waals surface area contributed by atoms with Gasteiger partial charge in [0.05, 0.1) is 0 Å². The molecule has 0 saturated carbocycles. The molecule has 0 amide bonds. The van der Waals surface area contributed by atoms with E-state index in [9.17, 15) is 9.18 Å². The van der Waals surface area contributed by atoms with Crippen LogP contribution in [0.1, 0.15) is 27.0 Å². The van der Waals surface area contributed by atoms with E-state index in [2.05, 4.69) is 4.98 Å². The number of carbonyl (C=O) groups is 1. The third kappa shape index (κ3) is 2.47. The monoisotopic (exact) mass is 275 g/mol. The smallest absolute Gasteiger partial charge is 0.338 e. The highest BCUT2D eigenvalue weighted by Crippen LogP contribution is 2.31. The minimum Gasteiger partial charge on any atom is -0.478 e. The molecule has 0 bridgehead atoms. The molecule has 1 heterocycles. The van der Waals surface area contributed by atoms with Crippen LogP contribution in [0.15, 0.2) is 24.4 Å². The van der Waals surface area contributed by atoms with E-state index in [-0.39, 0.29) is 5.88 Å². The van der Waals surface area contributed by atoms with E-state index in [0.717, 1.165) is 22.8 Å². The van der Waals surface area contributed by atoms with Gasteiger partial charge in [0.15, 0.2) is 5.82 Å². The predicted molar refractivity (Wildman–Crippen MR) is 71.9 cm³/mol. The molecule has 5 heteroatoms. The molecule has 0 aliphatic rings. The molecule has 0 atom stereocenters. The number of aromatic carboxylic acids is 1. The molecule has 1 aromatic heterocycles. The van der Waals surface area contributed by atoms with Crippen LogP contribution in [0, 0.1) is 26.6 Å². The molecule has 0 radical (unpaired) electrons. The van der Waals surface area contributed by atoms with Crippen LogP contribution in [0.4, 0.5) is 4.39 Å². The van der Waals surface area contributed by atoms with Gasteiger partial charge in [0.25, 0.3) is 5.88 Å². The maximum absolute atomic E-state index is 14.0. The van der Waals surface area contributed by atoms with E-state index < -0.39 is 17.3 Å². The highest BCUT2D eigenvalue weighted by molar-refractivity contribution is 5.88. The Hall–Kier alpha value is -2.43. The summed E-state index contributed by atoms with van der Waals surface area (Å²) >= 11 is 0. The zero-order valence-electron chi connectivity index (χ0n) is 11.4. The van der Waals surface area contributed by atoms with Gasteiger partial charge in [-0.05, 0) is 43.5 Å². The number of benzene rings is 1. The number of halogens is 1. The van der Waals surface area contributed by atoms with Crippen LogP contribution >= 0.6 is 0 Å². The summed E-state index contributed by atoms with van der Waals surface area (Å²) in [5, 5.41) is 8.89. The van der Waals surface area contributed by atoms with Crippen LogP contribution in [-0.2, 0) is 0 Å². The fourth-order valence-electron chi connectivity index (χ4n) is 1.84. The van der Waals surface area contributed by atoms with Crippen LogP contribution in [-0.4, -0.2) is 16.1 Å². The van der Waals surface area contributed by atoms with Gasteiger partial charge in [0.2, 0.25) is 0 Å². The highest BCUT2D eigenvalue weighted by Gasteiger charge is 2.18. The molecule has 1 aromatic carbocycles. The van der Waals surface area contributed by atoms with Crippen LogP contribution in [0.25, 0.3) is 0 Å². The molecule has 0 unspecified atom stereocenters. The molecule has 20 heavy (non-hydrogen) atoms. The fraction of sp³-hybridized carbons (Fsp3) is 0.200. The van der Waals surface area contributed by atoms with E-state index in [1.54, 1.807) is 0 Å². The first-order chi connectivity index (χ1) is 9.41. The Labute approximate surface area is 115 Å². The molecule has 2 rings (SSSR count). The number of ether oxygens (including phenoxy) is 1. The molecule has 4 nitrogen and oxygen atoms in total. The van der Waals surface area contributed by atoms with Gasteiger partial charge in [-0.3, -0.25) is 0 Å². The lowest BCUT2D eigenvalue weighted by molar-refractivity contribution is 0.0690. The zero-order valence-corrected chi connectivity index (χ0v) is 11.4. The molecular weight excluding hydrogens is 261 g/mol. The van der Waals surface area contributed by atoms with Crippen molar-refractivity contribution in [1.82, 2.24) is 4.98 Å². The predicted octanol–water partition coefficient (Wildman–Crippen LogP) is 3.64. The average molecular weight is 275 g/mol. The van der Waals surface area contributed by atoms with E-state index in [1.165, 1.54) is 6.20 Å². The van der Waals surface area contributed by atoms with Gasteiger partial charge in [-0.1, -0.05) is 12.1 Å². The highest BCUT2D eigenvalue weighted by atomic mass is 19.1. The number of carboxylic acid groups (broad SMARTS) is 1. The summed E-state index contributed by atoms with van der Waals surface area (Å²) in [6.07, 6.45) is 1.21. The number of carboxylic acids is 1. The van der Waals surface area contributed by atoms with Gasteiger partial charge in [0, 0.05) is 6.20 Å². The number of pyridine rings is 1. The van der Waals surface area contributed by atoms with E-state index in [4.69, 9.17) is 9.84 Å². The second-order valence-electron chi connectivity index (χ2n) is 4.54. The maximum Gasteiger partial charge on any atom is 0.338 e. The lowest BCUT2D eigenvalue weighted by Crippen LogP contribution is -2.04. The third-order valence-electron chi connectivity index (χ3n) is 3.16. The van der Waals surface area contributed by atoms with Crippen LogP contribution in [0.5, 0.6) is 11.6 Å². The number of hydrogen-bond acceptors (Lipinski definition) is 3. The Morgan fingerprint density at radius 1 is 1.20 bits per heavy atom. The van der Waals surface area contributed by atoms with Crippen molar-refractivity contribution in [2.24, 2.45) is 0 Å². The zero-order chi connectivity index (χ0) is 14.9. The number of aryl methyl sites for hydroxylation is 2. The average Bonchev–Trinajstić information content (AvgIpc) is 2.40. The van der Waals surface area contributed by atoms with E-state index in [1.807, 2.05) is 32.9 Å². The summed E-state index contributed by atoms with van der Waals surface area (Å²) in [6, 6.07) is 4.89. The topological polar surface area (TPSA) is 59.4 Å². The number of aromatic nitrogens is 1. The second-order valence-corrected chi connectivity index (χ2v) is 4.54. The molecule has 0 saturated heterocycles. The minimum atomic E-state index is -1.35. The molecule has 0 aliphatic heterocycles. The second kappa shape index (κ2) is 5.28. The Balaban J connectivity index is 2.49. The maximum atomic E-state index is 14.0. The lowest BCUT2D eigenvalue weighted by atomic mass is 10.1. The SMILES string of the molecule is Cc1ccc(C)c(Oc2nccc(C(=O)O)c2F)c1C. The minimum absolute atomic E-state index is 0.332. The van der Waals surface area contributed by atoms with Crippen molar-refractivity contribution in [2.75, 3.05) is 0 Å². The summed E-state index contributed by atoms with van der Waals surface area (Å²) in [6.45, 7) is 5.61. The summed E-state index contributed by atoms with van der Waals surface area (Å²) in [5.41, 5.74) is 2.24. The Kier molecular flexibility index (Phi) is 3.70. The number of hydrogen-bond donors (Lipinski definition) is 1. The molecule has 2 aromatic rings. The Morgan fingerprint density at radius 3 is 2.50 bits per heavy atom. The third-order valence-corrected chi connectivity index (χ3v) is 3.16. The normalized spacial score (nSPS) is 10.4. The van der Waals surface area contributed by atoms with Crippen LogP contribution in [0.3, 0.4) is 0 Å². The van der Waals surface area contributed by atoms with E-state index >= 15 is 0 Å². The Bertz CT molecular complexity index is 683. The van der Waals surface area contributed by atoms with Crippen molar-refractivity contribution in [3.8, 4) is 11.6 Å². The van der Waals surface area contributed by atoms with Gasteiger partial charge in [0.1, 0.15) is 11.3 Å². The summed E-state index contributed by atoms with van der Waals surface area (Å²) in [4.78, 5) is 14.7. The first-order valence-electron chi connectivity index (χ1n) is 6.04. The molecule has 1 N–H and O–H groups in total. The summed E-state index contributed by atoms with van der Waals surface area (Å²) in [5.74, 6) is -2.16. The first-order valence-corrected chi connectivity index (χ1v) is 6.04. The van der Waals surface area contributed by atoms with Gasteiger partial charge < -0.3 is 9.84 Å². The van der Waals surface area contributed by atoms with Crippen molar-refractivity contribution >= 4 is 5.97 Å². The first kappa shape index (κ1) is 14.0. The van der Waals surface area contributed by atoms with Crippen molar-refractivity contribution in [3.05, 3.63) is 52.5 Å². The van der Waals surface area contributed by atoms with Crippen molar-refractivity contribution in [2.45, 2.75) is 20.8 Å². The molecule has 0 fully saturated rings. The van der Waals surface area contributed by atoms with Gasteiger partial charge in [-0.15, -0.1) is 0 Å². The standard InChI is InChI=1S/C15H14FNO3/c1-8-4-5-9(2)13(10(8)3)20-14-12(16)11(15(18)19)6-7-17-14/h4-7H,1-3H3,(H,18,19). The van der Waals surface area contributed by atoms with E-state index in [0.29, 0.717) is 5.75 Å². The molecular formula is C15H14FNO3. The van der Waals surface area contributed by atoms with Crippen molar-refractivity contribution in [3.63, 3.8) is 0 Å². The quantitative estimate of drug-likeness (QED) is 0.929. The summed E-state index contributed by atoms with van der Waals surface area (Å²) < 4.78 is 19.5. The lowest BCUT2D eigenvalue weighted by Gasteiger charge is -2.13. The van der Waals surface area contributed by atoms with Gasteiger partial charge in [-0.2, -0.15) is 0 Å². The van der Waals surface area contributed by atoms with Crippen LogP contribution < -0.4 is 4.74 Å². The molecule has 0 spiro atoms. The van der Waals surface area contributed by atoms with Crippen molar-refractivity contribution in [1.29, 1.82) is 0 Å². The van der Waals surface area contributed by atoms with Crippen LogP contribution in [0.2, 0.25) is 0 Å². The molecule has 104 valence electrons. The largest absolute Gasteiger partial charge is 0.478 e. The summed E-state index contributed by atoms with van der Waals surface area (Å²) in [7, 11) is 0. The van der Waals surface area contributed by atoms with Gasteiger partial charge in [-0.25, -0.2) is 14.2 Å².